The van der Waals surface area contributed by atoms with Gasteiger partial charge in [-0.1, -0.05) is 11.6 Å². The molecule has 20 heavy (non-hydrogen) atoms. The van der Waals surface area contributed by atoms with Gasteiger partial charge in [0.25, 0.3) is 0 Å². The largest absolute Gasteiger partial charge is 0.487 e. The lowest BCUT2D eigenvalue weighted by Crippen LogP contribution is -2.25. The lowest BCUT2D eigenvalue weighted by Gasteiger charge is -2.18. The Morgan fingerprint density at radius 3 is 3.00 bits per heavy atom. The molecule has 0 aromatic carbocycles. The van der Waals surface area contributed by atoms with E-state index in [1.165, 1.54) is 0 Å². The first-order chi connectivity index (χ1) is 9.72. The van der Waals surface area contributed by atoms with Crippen molar-refractivity contribution in [1.82, 2.24) is 15.0 Å². The number of hydrogen-bond acceptors (Lipinski definition) is 5. The van der Waals surface area contributed by atoms with Crippen molar-refractivity contribution in [3.63, 3.8) is 0 Å². The Bertz CT molecular complexity index is 607. The number of ether oxygens (including phenoxy) is 1. The minimum Gasteiger partial charge on any atom is -0.487 e. The monoisotopic (exact) mass is 290 g/mol. The average molecular weight is 291 g/mol. The van der Waals surface area contributed by atoms with E-state index in [1.807, 2.05) is 6.92 Å². The number of rotatable bonds is 3. The molecule has 2 aromatic heterocycles. The third-order valence-electron chi connectivity index (χ3n) is 3.24. The van der Waals surface area contributed by atoms with Crippen LogP contribution in [-0.4, -0.2) is 34.1 Å². The van der Waals surface area contributed by atoms with Crippen LogP contribution in [0.25, 0.3) is 0 Å². The first-order valence-electron chi connectivity index (χ1n) is 6.52. The van der Waals surface area contributed by atoms with E-state index in [0.717, 1.165) is 31.0 Å². The smallest absolute Gasteiger partial charge is 0.147 e. The maximum absolute atomic E-state index is 6.05. The summed E-state index contributed by atoms with van der Waals surface area (Å²) in [6.45, 7) is 3.64. The molecule has 0 saturated carbocycles. The zero-order valence-corrected chi connectivity index (χ0v) is 11.9. The van der Waals surface area contributed by atoms with Gasteiger partial charge in [-0.2, -0.15) is 0 Å². The molecule has 0 amide bonds. The van der Waals surface area contributed by atoms with Gasteiger partial charge in [0.05, 0.1) is 18.4 Å². The van der Waals surface area contributed by atoms with Crippen LogP contribution in [0.5, 0.6) is 5.75 Å². The van der Waals surface area contributed by atoms with E-state index in [2.05, 4.69) is 19.9 Å². The Morgan fingerprint density at radius 1 is 1.30 bits per heavy atom. The summed E-state index contributed by atoms with van der Waals surface area (Å²) in [5.41, 5.74) is 0.920. The van der Waals surface area contributed by atoms with Crippen LogP contribution in [0.4, 0.5) is 5.82 Å². The SMILES string of the molecule is Cc1cncc(N2CCC(Oc3ccncc3Cl)C2)n1. The Labute approximate surface area is 122 Å². The Morgan fingerprint density at radius 2 is 2.20 bits per heavy atom. The summed E-state index contributed by atoms with van der Waals surface area (Å²) in [4.78, 5) is 14.8. The first kappa shape index (κ1) is 13.1. The first-order valence-corrected chi connectivity index (χ1v) is 6.90. The summed E-state index contributed by atoms with van der Waals surface area (Å²) in [7, 11) is 0. The normalized spacial score (nSPS) is 18.3. The Balaban J connectivity index is 1.67. The van der Waals surface area contributed by atoms with Gasteiger partial charge in [-0.05, 0) is 6.92 Å². The summed E-state index contributed by atoms with van der Waals surface area (Å²) in [6, 6.07) is 1.79. The molecular weight excluding hydrogens is 276 g/mol. The van der Waals surface area contributed by atoms with E-state index in [-0.39, 0.29) is 6.10 Å². The van der Waals surface area contributed by atoms with Crippen molar-refractivity contribution >= 4 is 17.4 Å². The number of anilines is 1. The van der Waals surface area contributed by atoms with E-state index in [1.54, 1.807) is 30.9 Å². The highest BCUT2D eigenvalue weighted by Crippen LogP contribution is 2.26. The molecule has 6 heteroatoms. The molecule has 1 unspecified atom stereocenters. The highest BCUT2D eigenvalue weighted by atomic mass is 35.5. The van der Waals surface area contributed by atoms with Crippen molar-refractivity contribution in [1.29, 1.82) is 0 Å². The van der Waals surface area contributed by atoms with Crippen LogP contribution in [0, 0.1) is 6.92 Å². The molecule has 1 aliphatic rings. The highest BCUT2D eigenvalue weighted by Gasteiger charge is 2.25. The molecule has 1 atom stereocenters. The fraction of sp³-hybridized carbons (Fsp3) is 0.357. The van der Waals surface area contributed by atoms with Gasteiger partial charge in [0, 0.05) is 37.6 Å². The second kappa shape index (κ2) is 5.63. The predicted molar refractivity (Wildman–Crippen MR) is 77.3 cm³/mol. The van der Waals surface area contributed by atoms with Crippen molar-refractivity contribution in [3.8, 4) is 5.75 Å². The number of halogens is 1. The van der Waals surface area contributed by atoms with Crippen molar-refractivity contribution in [3.05, 3.63) is 41.6 Å². The van der Waals surface area contributed by atoms with Crippen molar-refractivity contribution in [2.75, 3.05) is 18.0 Å². The summed E-state index contributed by atoms with van der Waals surface area (Å²) in [6.07, 6.45) is 7.86. The molecular formula is C14H15ClN4O. The van der Waals surface area contributed by atoms with Gasteiger partial charge in [0.2, 0.25) is 0 Å². The van der Waals surface area contributed by atoms with Crippen LogP contribution in [0.15, 0.2) is 30.9 Å². The summed E-state index contributed by atoms with van der Waals surface area (Å²) >= 11 is 6.05. The van der Waals surface area contributed by atoms with Crippen molar-refractivity contribution < 1.29 is 4.74 Å². The van der Waals surface area contributed by atoms with Gasteiger partial charge >= 0.3 is 0 Å². The lowest BCUT2D eigenvalue weighted by atomic mass is 10.3. The van der Waals surface area contributed by atoms with Gasteiger partial charge in [-0.3, -0.25) is 9.97 Å². The van der Waals surface area contributed by atoms with Crippen LogP contribution in [0.1, 0.15) is 12.1 Å². The molecule has 0 N–H and O–H groups in total. The number of nitrogens with zero attached hydrogens (tertiary/aromatic N) is 4. The maximum Gasteiger partial charge on any atom is 0.147 e. The van der Waals surface area contributed by atoms with Crippen molar-refractivity contribution in [2.45, 2.75) is 19.4 Å². The van der Waals surface area contributed by atoms with Crippen LogP contribution < -0.4 is 9.64 Å². The van der Waals surface area contributed by atoms with Crippen molar-refractivity contribution in [2.24, 2.45) is 0 Å². The standard InChI is InChI=1S/C14H15ClN4O/c1-10-6-17-8-14(18-10)19-5-3-11(9-19)20-13-2-4-16-7-12(13)15/h2,4,6-8,11H,3,5,9H2,1H3. The minimum atomic E-state index is 0.109. The zero-order valence-electron chi connectivity index (χ0n) is 11.2. The number of aryl methyl sites for hydroxylation is 1. The van der Waals surface area contributed by atoms with E-state index < -0.39 is 0 Å². The molecule has 3 heterocycles. The van der Waals surface area contributed by atoms with Gasteiger partial charge in [0.15, 0.2) is 0 Å². The second-order valence-electron chi connectivity index (χ2n) is 4.80. The molecule has 5 nitrogen and oxygen atoms in total. The minimum absolute atomic E-state index is 0.109. The highest BCUT2D eigenvalue weighted by molar-refractivity contribution is 6.31. The summed E-state index contributed by atoms with van der Waals surface area (Å²) in [5, 5.41) is 0.543. The van der Waals surface area contributed by atoms with Crippen LogP contribution in [0.2, 0.25) is 5.02 Å². The Kier molecular flexibility index (Phi) is 3.69. The van der Waals surface area contributed by atoms with Crippen LogP contribution in [0.3, 0.4) is 0 Å². The molecule has 2 aromatic rings. The summed E-state index contributed by atoms with van der Waals surface area (Å²) in [5.74, 6) is 1.58. The van der Waals surface area contributed by atoms with Gasteiger partial charge in [-0.25, -0.2) is 4.98 Å². The third-order valence-corrected chi connectivity index (χ3v) is 3.52. The molecule has 0 radical (unpaired) electrons. The second-order valence-corrected chi connectivity index (χ2v) is 5.21. The van der Waals surface area contributed by atoms with Gasteiger partial charge < -0.3 is 9.64 Å². The van der Waals surface area contributed by atoms with E-state index in [9.17, 15) is 0 Å². The topological polar surface area (TPSA) is 51.1 Å². The van der Waals surface area contributed by atoms with Gasteiger partial charge in [0.1, 0.15) is 22.7 Å². The molecule has 0 aliphatic carbocycles. The van der Waals surface area contributed by atoms with Crippen LogP contribution in [-0.2, 0) is 0 Å². The number of hydrogen-bond donors (Lipinski definition) is 0. The molecule has 0 bridgehead atoms. The fourth-order valence-electron chi connectivity index (χ4n) is 2.27. The molecule has 1 aliphatic heterocycles. The third kappa shape index (κ3) is 2.82. The number of aromatic nitrogens is 3. The molecule has 3 rings (SSSR count). The van der Waals surface area contributed by atoms with Crippen LogP contribution >= 0.6 is 11.6 Å². The predicted octanol–water partition coefficient (Wildman–Crippen LogP) is 2.49. The Hall–Kier alpha value is -1.88. The molecule has 104 valence electrons. The molecule has 1 saturated heterocycles. The zero-order chi connectivity index (χ0) is 13.9. The van der Waals surface area contributed by atoms with E-state index >= 15 is 0 Å². The number of pyridine rings is 1. The maximum atomic E-state index is 6.05. The molecule has 0 spiro atoms. The fourth-order valence-corrected chi connectivity index (χ4v) is 2.44. The average Bonchev–Trinajstić information content (AvgIpc) is 2.90. The van der Waals surface area contributed by atoms with E-state index in [4.69, 9.17) is 16.3 Å². The quantitative estimate of drug-likeness (QED) is 0.869. The lowest BCUT2D eigenvalue weighted by molar-refractivity contribution is 0.225. The van der Waals surface area contributed by atoms with E-state index in [0.29, 0.717) is 10.8 Å². The summed E-state index contributed by atoms with van der Waals surface area (Å²) < 4.78 is 5.93. The van der Waals surface area contributed by atoms with Gasteiger partial charge in [-0.15, -0.1) is 0 Å². The molecule has 1 fully saturated rings.